The molecule has 0 saturated heterocycles. The van der Waals surface area contributed by atoms with Gasteiger partial charge in [-0.15, -0.1) is 11.8 Å². The molecule has 1 aromatic carbocycles. The highest BCUT2D eigenvalue weighted by Gasteiger charge is 2.27. The number of benzene rings is 1. The normalized spacial score (nSPS) is 13.4. The van der Waals surface area contributed by atoms with Crippen LogP contribution in [0, 0.1) is 12.3 Å². The second-order valence-electron chi connectivity index (χ2n) is 5.95. The van der Waals surface area contributed by atoms with Gasteiger partial charge in [-0.05, 0) is 24.0 Å². The van der Waals surface area contributed by atoms with Gasteiger partial charge in [-0.25, -0.2) is 0 Å². The fraction of sp³-hybridized carbons (Fsp3) is 0.467. The number of aryl methyl sites for hydroxylation is 1. The van der Waals surface area contributed by atoms with E-state index in [1.165, 1.54) is 10.5 Å². The Bertz CT molecular complexity index is 574. The summed E-state index contributed by atoms with van der Waals surface area (Å²) >= 11 is 1.71. The van der Waals surface area contributed by atoms with Gasteiger partial charge in [0.05, 0.1) is 11.8 Å². The monoisotopic (exact) mass is 291 g/mol. The molecule has 0 fully saturated rings. The molecule has 0 spiro atoms. The lowest BCUT2D eigenvalue weighted by molar-refractivity contribution is 0.252. The Morgan fingerprint density at radius 1 is 1.30 bits per heavy atom. The van der Waals surface area contributed by atoms with Crippen LogP contribution in [0.3, 0.4) is 0 Å². The minimum absolute atomic E-state index is 0.0903. The average Bonchev–Trinajstić information content (AvgIpc) is 2.84. The molecule has 0 bridgehead atoms. The van der Waals surface area contributed by atoms with Gasteiger partial charge in [-0.2, -0.15) is 4.98 Å². The number of aromatic nitrogens is 2. The zero-order chi connectivity index (χ0) is 14.8. The molecular weight excluding hydrogens is 270 g/mol. The van der Waals surface area contributed by atoms with Crippen molar-refractivity contribution < 1.29 is 4.52 Å². The summed E-state index contributed by atoms with van der Waals surface area (Å²) in [5.41, 5.74) is 7.28. The molecule has 0 amide bonds. The summed E-state index contributed by atoms with van der Waals surface area (Å²) in [5, 5.41) is 4.01. The lowest BCUT2D eigenvalue weighted by atomic mass is 9.87. The molecule has 4 nitrogen and oxygen atoms in total. The van der Waals surface area contributed by atoms with Crippen LogP contribution in [0.2, 0.25) is 0 Å². The van der Waals surface area contributed by atoms with Crippen molar-refractivity contribution >= 4 is 11.8 Å². The van der Waals surface area contributed by atoms with Gasteiger partial charge in [0.15, 0.2) is 5.82 Å². The summed E-state index contributed by atoms with van der Waals surface area (Å²) in [6.07, 6.45) is 0. The molecular formula is C15H21N3OS. The van der Waals surface area contributed by atoms with Gasteiger partial charge in [0.1, 0.15) is 0 Å². The first kappa shape index (κ1) is 15.1. The van der Waals surface area contributed by atoms with Crippen molar-refractivity contribution in [3.8, 4) is 0 Å². The second-order valence-corrected chi connectivity index (χ2v) is 6.96. The molecule has 108 valence electrons. The molecule has 0 unspecified atom stereocenters. The number of hydrogen-bond acceptors (Lipinski definition) is 5. The molecule has 1 atom stereocenters. The quantitative estimate of drug-likeness (QED) is 0.870. The van der Waals surface area contributed by atoms with E-state index >= 15 is 0 Å². The van der Waals surface area contributed by atoms with Gasteiger partial charge >= 0.3 is 0 Å². The van der Waals surface area contributed by atoms with E-state index in [9.17, 15) is 0 Å². The third-order valence-corrected chi connectivity index (χ3v) is 4.30. The summed E-state index contributed by atoms with van der Waals surface area (Å²) < 4.78 is 5.27. The van der Waals surface area contributed by atoms with E-state index in [1.807, 2.05) is 12.1 Å². The molecule has 5 heteroatoms. The predicted molar refractivity (Wildman–Crippen MR) is 81.4 cm³/mol. The molecule has 0 aliphatic rings. The molecule has 0 saturated carbocycles. The Hall–Kier alpha value is -1.33. The molecule has 2 aromatic rings. The van der Waals surface area contributed by atoms with Crippen LogP contribution in [0.5, 0.6) is 0 Å². The largest absolute Gasteiger partial charge is 0.338 e. The van der Waals surface area contributed by atoms with Gasteiger partial charge in [-0.3, -0.25) is 0 Å². The van der Waals surface area contributed by atoms with Crippen molar-refractivity contribution in [2.24, 2.45) is 11.1 Å². The van der Waals surface area contributed by atoms with Gasteiger partial charge in [0.2, 0.25) is 5.89 Å². The van der Waals surface area contributed by atoms with Gasteiger partial charge in [0.25, 0.3) is 0 Å². The van der Waals surface area contributed by atoms with Gasteiger partial charge in [-0.1, -0.05) is 44.1 Å². The summed E-state index contributed by atoms with van der Waals surface area (Å²) in [6, 6.07) is 8.02. The minimum atomic E-state index is -0.243. The topological polar surface area (TPSA) is 64.9 Å². The Kier molecular flexibility index (Phi) is 4.50. The van der Waals surface area contributed by atoms with Crippen molar-refractivity contribution in [2.45, 2.75) is 44.4 Å². The van der Waals surface area contributed by atoms with Crippen LogP contribution >= 0.6 is 11.8 Å². The predicted octanol–water partition coefficient (Wildman–Crippen LogP) is 3.72. The van der Waals surface area contributed by atoms with E-state index in [4.69, 9.17) is 10.3 Å². The van der Waals surface area contributed by atoms with Crippen LogP contribution in [0.4, 0.5) is 0 Å². The number of nitrogens with two attached hydrogens (primary N) is 1. The third-order valence-electron chi connectivity index (χ3n) is 3.13. The van der Waals surface area contributed by atoms with E-state index in [0.717, 1.165) is 0 Å². The fourth-order valence-corrected chi connectivity index (χ4v) is 2.56. The van der Waals surface area contributed by atoms with Crippen molar-refractivity contribution in [2.75, 3.05) is 0 Å². The third kappa shape index (κ3) is 3.61. The zero-order valence-corrected chi connectivity index (χ0v) is 13.2. The molecule has 2 N–H and O–H groups in total. The highest BCUT2D eigenvalue weighted by Crippen LogP contribution is 2.30. The van der Waals surface area contributed by atoms with Gasteiger partial charge < -0.3 is 10.3 Å². The van der Waals surface area contributed by atoms with Crippen LogP contribution in [0.25, 0.3) is 0 Å². The Labute approximate surface area is 124 Å². The summed E-state index contributed by atoms with van der Waals surface area (Å²) in [6.45, 7) is 8.27. The van der Waals surface area contributed by atoms with Crippen molar-refractivity contribution in [1.29, 1.82) is 0 Å². The summed E-state index contributed by atoms with van der Waals surface area (Å²) in [7, 11) is 0. The standard InChI is InChI=1S/C15H21N3OS/c1-10-7-5-6-8-11(10)20-9-12-17-14(19-18-12)13(16)15(2,3)4/h5-8,13H,9,16H2,1-4H3/t13-/m1/s1. The van der Waals surface area contributed by atoms with E-state index in [2.05, 4.69) is 50.0 Å². The van der Waals surface area contributed by atoms with E-state index in [-0.39, 0.29) is 11.5 Å². The Morgan fingerprint density at radius 3 is 2.65 bits per heavy atom. The molecule has 20 heavy (non-hydrogen) atoms. The highest BCUT2D eigenvalue weighted by molar-refractivity contribution is 7.98. The summed E-state index contributed by atoms with van der Waals surface area (Å²) in [5.74, 6) is 1.89. The maximum absolute atomic E-state index is 6.11. The minimum Gasteiger partial charge on any atom is -0.338 e. The van der Waals surface area contributed by atoms with Gasteiger partial charge in [0, 0.05) is 4.90 Å². The second kappa shape index (κ2) is 5.97. The Balaban J connectivity index is 2.02. The fourth-order valence-electron chi connectivity index (χ4n) is 1.68. The molecule has 1 aromatic heterocycles. The number of thioether (sulfide) groups is 1. The number of nitrogens with zero attached hydrogens (tertiary/aromatic N) is 2. The first-order valence-electron chi connectivity index (χ1n) is 6.64. The van der Waals surface area contributed by atoms with Crippen molar-refractivity contribution in [3.05, 3.63) is 41.5 Å². The summed E-state index contributed by atoms with van der Waals surface area (Å²) in [4.78, 5) is 5.63. The number of rotatable bonds is 4. The Morgan fingerprint density at radius 2 is 2.00 bits per heavy atom. The first-order chi connectivity index (χ1) is 9.38. The average molecular weight is 291 g/mol. The maximum Gasteiger partial charge on any atom is 0.244 e. The molecule has 0 aliphatic heterocycles. The molecule has 1 heterocycles. The van der Waals surface area contributed by atoms with Crippen LogP contribution in [0.15, 0.2) is 33.7 Å². The van der Waals surface area contributed by atoms with E-state index in [1.54, 1.807) is 11.8 Å². The molecule has 0 aliphatic carbocycles. The van der Waals surface area contributed by atoms with Crippen molar-refractivity contribution in [3.63, 3.8) is 0 Å². The maximum atomic E-state index is 6.11. The van der Waals surface area contributed by atoms with E-state index < -0.39 is 0 Å². The molecule has 2 rings (SSSR count). The number of hydrogen-bond donors (Lipinski definition) is 1. The van der Waals surface area contributed by atoms with Crippen LogP contribution in [-0.4, -0.2) is 10.1 Å². The van der Waals surface area contributed by atoms with Crippen LogP contribution in [0.1, 0.15) is 44.1 Å². The zero-order valence-electron chi connectivity index (χ0n) is 12.4. The van der Waals surface area contributed by atoms with Crippen molar-refractivity contribution in [1.82, 2.24) is 10.1 Å². The first-order valence-corrected chi connectivity index (χ1v) is 7.63. The smallest absolute Gasteiger partial charge is 0.244 e. The van der Waals surface area contributed by atoms with E-state index in [0.29, 0.717) is 17.5 Å². The SMILES string of the molecule is Cc1ccccc1SCc1noc([C@@H](N)C(C)(C)C)n1. The lowest BCUT2D eigenvalue weighted by Crippen LogP contribution is -2.26. The van der Waals surface area contributed by atoms with Crippen LogP contribution < -0.4 is 5.73 Å². The molecule has 0 radical (unpaired) electrons. The van der Waals surface area contributed by atoms with Crippen LogP contribution in [-0.2, 0) is 5.75 Å². The lowest BCUT2D eigenvalue weighted by Gasteiger charge is -2.23. The highest BCUT2D eigenvalue weighted by atomic mass is 32.2.